The summed E-state index contributed by atoms with van der Waals surface area (Å²) in [5, 5.41) is 9.48. The van der Waals surface area contributed by atoms with Gasteiger partial charge in [0.05, 0.1) is 19.2 Å². The predicted molar refractivity (Wildman–Crippen MR) is 74.6 cm³/mol. The molecule has 1 atom stereocenters. The lowest BCUT2D eigenvalue weighted by atomic mass is 9.97. The Morgan fingerprint density at radius 2 is 2.05 bits per heavy atom. The minimum atomic E-state index is -3.27. The number of amides is 1. The number of rotatable bonds is 3. The summed E-state index contributed by atoms with van der Waals surface area (Å²) in [6.07, 6.45) is -0.941. The molecule has 1 aromatic rings. The maximum Gasteiger partial charge on any atom is 0.329 e. The summed E-state index contributed by atoms with van der Waals surface area (Å²) >= 11 is 5.82. The normalized spacial score (nSPS) is 23.4. The average molecular weight is 334 g/mol. The molecule has 0 saturated carbocycles. The number of alkyl halides is 2. The van der Waals surface area contributed by atoms with Gasteiger partial charge in [-0.15, -0.1) is 0 Å². The molecule has 0 radical (unpaired) electrons. The Morgan fingerprint density at radius 3 is 2.59 bits per heavy atom. The molecule has 0 aromatic heterocycles. The number of benzene rings is 1. The minimum absolute atomic E-state index is 0.0554. The van der Waals surface area contributed by atoms with Gasteiger partial charge in [0.25, 0.3) is 11.8 Å². The summed E-state index contributed by atoms with van der Waals surface area (Å²) < 4.78 is 32.4. The van der Waals surface area contributed by atoms with Crippen LogP contribution in [-0.2, 0) is 4.79 Å². The highest BCUT2D eigenvalue weighted by Crippen LogP contribution is 2.41. The Bertz CT molecular complexity index is 637. The molecule has 0 spiro atoms. The maximum atomic E-state index is 13.7. The van der Waals surface area contributed by atoms with Crippen LogP contribution in [0.25, 0.3) is 0 Å². The van der Waals surface area contributed by atoms with Gasteiger partial charge in [-0.1, -0.05) is 11.6 Å². The molecule has 5 nitrogen and oxygen atoms in total. The number of aliphatic carboxylic acids is 1. The number of carbonyl (C=O) groups excluding carboxylic acids is 1. The fourth-order valence-corrected chi connectivity index (χ4v) is 2.71. The molecule has 1 unspecified atom stereocenters. The molecule has 1 aliphatic rings. The summed E-state index contributed by atoms with van der Waals surface area (Å²) in [5.41, 5.74) is -2.05. The number of carboxylic acids is 1. The van der Waals surface area contributed by atoms with E-state index in [1.165, 1.54) is 25.3 Å². The quantitative estimate of drug-likeness (QED) is 0.923. The molecule has 1 aromatic carbocycles. The third-order valence-corrected chi connectivity index (χ3v) is 3.92. The first kappa shape index (κ1) is 16.5. The van der Waals surface area contributed by atoms with Crippen LogP contribution in [0.5, 0.6) is 5.75 Å². The Kier molecular flexibility index (Phi) is 4.04. The van der Waals surface area contributed by atoms with Crippen LogP contribution in [0.3, 0.4) is 0 Å². The van der Waals surface area contributed by atoms with Crippen LogP contribution in [0.4, 0.5) is 8.78 Å². The summed E-state index contributed by atoms with van der Waals surface area (Å²) in [5.74, 6) is -5.48. The van der Waals surface area contributed by atoms with Crippen LogP contribution in [0.1, 0.15) is 23.7 Å². The van der Waals surface area contributed by atoms with E-state index in [1.807, 2.05) is 0 Å². The number of nitrogens with zero attached hydrogens (tertiary/aromatic N) is 1. The fraction of sp³-hybridized carbons (Fsp3) is 0.429. The molecular weight excluding hydrogens is 320 g/mol. The molecule has 2 rings (SSSR count). The van der Waals surface area contributed by atoms with Crippen molar-refractivity contribution in [1.82, 2.24) is 4.90 Å². The van der Waals surface area contributed by atoms with Gasteiger partial charge in [0, 0.05) is 11.4 Å². The Labute approximate surface area is 130 Å². The SMILES string of the molecule is COc1ccc(Cl)cc1C(=O)N1CC(F)(F)CC1(C)C(=O)O. The van der Waals surface area contributed by atoms with Gasteiger partial charge >= 0.3 is 5.97 Å². The molecular formula is C14H14ClF2NO4. The smallest absolute Gasteiger partial charge is 0.329 e. The minimum Gasteiger partial charge on any atom is -0.496 e. The zero-order valence-corrected chi connectivity index (χ0v) is 12.7. The molecule has 120 valence electrons. The highest BCUT2D eigenvalue weighted by molar-refractivity contribution is 6.31. The predicted octanol–water partition coefficient (Wildman–Crippen LogP) is 2.67. The van der Waals surface area contributed by atoms with E-state index in [0.717, 1.165) is 6.92 Å². The lowest BCUT2D eigenvalue weighted by molar-refractivity contribution is -0.147. The first-order valence-corrected chi connectivity index (χ1v) is 6.75. The van der Waals surface area contributed by atoms with Crippen molar-refractivity contribution in [3.05, 3.63) is 28.8 Å². The molecule has 1 heterocycles. The van der Waals surface area contributed by atoms with Crippen molar-refractivity contribution in [3.63, 3.8) is 0 Å². The van der Waals surface area contributed by atoms with Crippen LogP contribution in [-0.4, -0.2) is 47.0 Å². The van der Waals surface area contributed by atoms with Gasteiger partial charge in [0.2, 0.25) is 0 Å². The van der Waals surface area contributed by atoms with Gasteiger partial charge in [-0.2, -0.15) is 0 Å². The second-order valence-corrected chi connectivity index (χ2v) is 5.78. The van der Waals surface area contributed by atoms with Gasteiger partial charge in [0.15, 0.2) is 0 Å². The molecule has 22 heavy (non-hydrogen) atoms. The highest BCUT2D eigenvalue weighted by Gasteiger charge is 2.58. The number of carbonyl (C=O) groups is 2. The lowest BCUT2D eigenvalue weighted by Gasteiger charge is -2.30. The molecule has 1 saturated heterocycles. The van der Waals surface area contributed by atoms with E-state index in [4.69, 9.17) is 16.3 Å². The van der Waals surface area contributed by atoms with Crippen molar-refractivity contribution in [3.8, 4) is 5.75 Å². The highest BCUT2D eigenvalue weighted by atomic mass is 35.5. The number of hydrogen-bond acceptors (Lipinski definition) is 3. The lowest BCUT2D eigenvalue weighted by Crippen LogP contribution is -2.50. The van der Waals surface area contributed by atoms with Gasteiger partial charge in [-0.3, -0.25) is 4.79 Å². The first-order chi connectivity index (χ1) is 10.1. The average Bonchev–Trinajstić information content (AvgIpc) is 2.69. The first-order valence-electron chi connectivity index (χ1n) is 6.37. The van der Waals surface area contributed by atoms with Crippen LogP contribution < -0.4 is 4.74 Å². The number of hydrogen-bond donors (Lipinski definition) is 1. The van der Waals surface area contributed by atoms with Crippen LogP contribution >= 0.6 is 11.6 Å². The van der Waals surface area contributed by atoms with Gasteiger partial charge in [-0.05, 0) is 25.1 Å². The summed E-state index contributed by atoms with van der Waals surface area (Å²) in [6, 6.07) is 4.16. The molecule has 8 heteroatoms. The number of carboxylic acid groups (broad SMARTS) is 1. The van der Waals surface area contributed by atoms with Crippen LogP contribution in [0.15, 0.2) is 18.2 Å². The molecule has 0 bridgehead atoms. The standard InChI is InChI=1S/C14H14ClF2NO4/c1-13(12(20)21)6-14(16,17)7-18(13)11(19)9-5-8(15)3-4-10(9)22-2/h3-5H,6-7H2,1-2H3,(H,20,21). The van der Waals surface area contributed by atoms with Crippen molar-refractivity contribution in [2.45, 2.75) is 24.8 Å². The van der Waals surface area contributed by atoms with Crippen molar-refractivity contribution >= 4 is 23.5 Å². The largest absolute Gasteiger partial charge is 0.496 e. The number of likely N-dealkylation sites (tertiary alicyclic amines) is 1. The van der Waals surface area contributed by atoms with Crippen molar-refractivity contribution in [2.75, 3.05) is 13.7 Å². The van der Waals surface area contributed by atoms with Gasteiger partial charge in [-0.25, -0.2) is 13.6 Å². The van der Waals surface area contributed by atoms with E-state index >= 15 is 0 Å². The Hall–Kier alpha value is -1.89. The summed E-state index contributed by atoms with van der Waals surface area (Å²) in [4.78, 5) is 24.6. The van der Waals surface area contributed by atoms with E-state index < -0.39 is 36.3 Å². The van der Waals surface area contributed by atoms with E-state index in [9.17, 15) is 23.5 Å². The second-order valence-electron chi connectivity index (χ2n) is 5.35. The van der Waals surface area contributed by atoms with E-state index in [-0.39, 0.29) is 16.3 Å². The third-order valence-electron chi connectivity index (χ3n) is 3.69. The summed E-state index contributed by atoms with van der Waals surface area (Å²) in [6.45, 7) is 0.134. The Balaban J connectivity index is 2.48. The number of halogens is 3. The van der Waals surface area contributed by atoms with E-state index in [2.05, 4.69) is 0 Å². The van der Waals surface area contributed by atoms with Gasteiger partial charge in [0.1, 0.15) is 11.3 Å². The number of methoxy groups -OCH3 is 1. The zero-order valence-electron chi connectivity index (χ0n) is 11.9. The fourth-order valence-electron chi connectivity index (χ4n) is 2.54. The van der Waals surface area contributed by atoms with Gasteiger partial charge < -0.3 is 14.7 Å². The van der Waals surface area contributed by atoms with Crippen molar-refractivity contribution in [1.29, 1.82) is 0 Å². The van der Waals surface area contributed by atoms with Crippen molar-refractivity contribution < 1.29 is 28.2 Å². The summed E-state index contributed by atoms with van der Waals surface area (Å²) in [7, 11) is 1.31. The topological polar surface area (TPSA) is 66.8 Å². The maximum absolute atomic E-state index is 13.7. The molecule has 1 fully saturated rings. The molecule has 1 amide bonds. The van der Waals surface area contributed by atoms with Crippen molar-refractivity contribution in [2.24, 2.45) is 0 Å². The van der Waals surface area contributed by atoms with E-state index in [1.54, 1.807) is 0 Å². The number of ether oxygens (including phenoxy) is 1. The monoisotopic (exact) mass is 333 g/mol. The zero-order chi connectivity index (χ0) is 16.7. The van der Waals surface area contributed by atoms with Crippen LogP contribution in [0.2, 0.25) is 5.02 Å². The van der Waals surface area contributed by atoms with Crippen LogP contribution in [0, 0.1) is 0 Å². The van der Waals surface area contributed by atoms with E-state index in [0.29, 0.717) is 4.90 Å². The third kappa shape index (κ3) is 2.72. The second kappa shape index (κ2) is 5.39. The molecule has 1 aliphatic heterocycles. The Morgan fingerprint density at radius 1 is 1.41 bits per heavy atom. The molecule has 0 aliphatic carbocycles. The molecule has 1 N–H and O–H groups in total.